The summed E-state index contributed by atoms with van der Waals surface area (Å²) in [5, 5.41) is 12.4. The number of benzene rings is 1. The van der Waals surface area contributed by atoms with Gasteiger partial charge >= 0.3 is 11.6 Å². The molecule has 0 radical (unpaired) electrons. The summed E-state index contributed by atoms with van der Waals surface area (Å²) in [5.74, 6) is -0.846. The summed E-state index contributed by atoms with van der Waals surface area (Å²) in [5.41, 5.74) is 1.56. The number of fused-ring (bicyclic) bond motifs is 1. The molecule has 2 aromatic rings. The molecule has 0 aliphatic heterocycles. The third-order valence-electron chi connectivity index (χ3n) is 4.18. The molecule has 0 unspecified atom stereocenters. The second kappa shape index (κ2) is 8.51. The van der Waals surface area contributed by atoms with Crippen LogP contribution in [0.3, 0.4) is 0 Å². The van der Waals surface area contributed by atoms with Gasteiger partial charge in [0.05, 0.1) is 7.11 Å². The van der Waals surface area contributed by atoms with Gasteiger partial charge < -0.3 is 19.6 Å². The van der Waals surface area contributed by atoms with Crippen molar-refractivity contribution in [3.63, 3.8) is 0 Å². The first-order valence-corrected chi connectivity index (χ1v) is 8.49. The molecule has 0 spiro atoms. The standard InChI is InChI=1S/C19H23NO6/c1-4-5-14(19(23)24)20-17(21)7-6-12-9-13-11(2)8-18(22)26-16(13)10-15(12)25-3/h8-10,14H,4-7H2,1-3H3,(H,20,21)(H,23,24)/t14-/m1/s1. The number of carboxylic acids is 1. The van der Waals surface area contributed by atoms with Crippen molar-refractivity contribution in [2.45, 2.75) is 45.6 Å². The van der Waals surface area contributed by atoms with E-state index in [1.165, 1.54) is 13.2 Å². The molecule has 0 bridgehead atoms. The quantitative estimate of drug-likeness (QED) is 0.700. The highest BCUT2D eigenvalue weighted by molar-refractivity contribution is 5.85. The number of methoxy groups -OCH3 is 1. The molecular weight excluding hydrogens is 338 g/mol. The number of ether oxygens (including phenoxy) is 1. The normalized spacial score (nSPS) is 12.0. The van der Waals surface area contributed by atoms with Crippen LogP contribution in [0.2, 0.25) is 0 Å². The third kappa shape index (κ3) is 4.62. The smallest absolute Gasteiger partial charge is 0.336 e. The molecular formula is C19H23NO6. The second-order valence-electron chi connectivity index (χ2n) is 6.16. The molecule has 0 aliphatic rings. The summed E-state index contributed by atoms with van der Waals surface area (Å²) in [7, 11) is 1.50. The highest BCUT2D eigenvalue weighted by Gasteiger charge is 2.19. The molecule has 1 amide bonds. The molecule has 1 aromatic carbocycles. The molecule has 140 valence electrons. The van der Waals surface area contributed by atoms with E-state index >= 15 is 0 Å². The first-order chi connectivity index (χ1) is 12.3. The highest BCUT2D eigenvalue weighted by atomic mass is 16.5. The van der Waals surface area contributed by atoms with Crippen LogP contribution in [0.5, 0.6) is 5.75 Å². The van der Waals surface area contributed by atoms with E-state index in [1.54, 1.807) is 6.07 Å². The van der Waals surface area contributed by atoms with E-state index in [0.29, 0.717) is 30.6 Å². The van der Waals surface area contributed by atoms with Gasteiger partial charge in [0, 0.05) is 23.9 Å². The lowest BCUT2D eigenvalue weighted by Gasteiger charge is -2.14. The Kier molecular flexibility index (Phi) is 6.38. The van der Waals surface area contributed by atoms with E-state index in [1.807, 2.05) is 19.9 Å². The summed E-state index contributed by atoms with van der Waals surface area (Å²) in [6.07, 6.45) is 1.56. The predicted molar refractivity (Wildman–Crippen MR) is 96.6 cm³/mol. The molecule has 2 rings (SSSR count). The van der Waals surface area contributed by atoms with Crippen LogP contribution in [-0.2, 0) is 16.0 Å². The molecule has 0 aliphatic carbocycles. The average Bonchev–Trinajstić information content (AvgIpc) is 2.58. The van der Waals surface area contributed by atoms with Crippen LogP contribution >= 0.6 is 0 Å². The Morgan fingerprint density at radius 3 is 2.65 bits per heavy atom. The first kappa shape index (κ1) is 19.5. The lowest BCUT2D eigenvalue weighted by atomic mass is 10.0. The van der Waals surface area contributed by atoms with Gasteiger partial charge in [-0.1, -0.05) is 13.3 Å². The van der Waals surface area contributed by atoms with E-state index in [-0.39, 0.29) is 12.3 Å². The molecule has 7 heteroatoms. The summed E-state index contributed by atoms with van der Waals surface area (Å²) in [6.45, 7) is 3.67. The molecule has 1 atom stereocenters. The number of carboxylic acid groups (broad SMARTS) is 1. The van der Waals surface area contributed by atoms with Crippen molar-refractivity contribution in [1.82, 2.24) is 5.32 Å². The van der Waals surface area contributed by atoms with Gasteiger partial charge in [0.15, 0.2) is 0 Å². The summed E-state index contributed by atoms with van der Waals surface area (Å²) in [6, 6.07) is 4.00. The number of carbonyl (C=O) groups excluding carboxylic acids is 1. The fourth-order valence-corrected chi connectivity index (χ4v) is 2.84. The molecule has 0 fully saturated rings. The van der Waals surface area contributed by atoms with Gasteiger partial charge in [0.2, 0.25) is 5.91 Å². The predicted octanol–water partition coefficient (Wildman–Crippen LogP) is 2.41. The lowest BCUT2D eigenvalue weighted by Crippen LogP contribution is -2.40. The van der Waals surface area contributed by atoms with Gasteiger partial charge in [-0.2, -0.15) is 0 Å². The average molecular weight is 361 g/mol. The van der Waals surface area contributed by atoms with Crippen molar-refractivity contribution in [2.24, 2.45) is 0 Å². The van der Waals surface area contributed by atoms with Gasteiger partial charge in [-0.25, -0.2) is 9.59 Å². The summed E-state index contributed by atoms with van der Waals surface area (Å²) < 4.78 is 10.5. The lowest BCUT2D eigenvalue weighted by molar-refractivity contribution is -0.142. The minimum absolute atomic E-state index is 0.130. The SMILES string of the molecule is CCC[C@@H](NC(=O)CCc1cc2c(C)cc(=O)oc2cc1OC)C(=O)O. The Morgan fingerprint density at radius 1 is 1.31 bits per heavy atom. The van der Waals surface area contributed by atoms with Gasteiger partial charge in [-0.15, -0.1) is 0 Å². The van der Waals surface area contributed by atoms with E-state index < -0.39 is 17.6 Å². The van der Waals surface area contributed by atoms with Crippen molar-refractivity contribution >= 4 is 22.8 Å². The zero-order chi connectivity index (χ0) is 19.3. The summed E-state index contributed by atoms with van der Waals surface area (Å²) in [4.78, 5) is 34.8. The van der Waals surface area contributed by atoms with Crippen LogP contribution in [0, 0.1) is 6.92 Å². The van der Waals surface area contributed by atoms with Gasteiger partial charge in [-0.05, 0) is 37.0 Å². The molecule has 0 saturated heterocycles. The Hall–Kier alpha value is -2.83. The van der Waals surface area contributed by atoms with Crippen LogP contribution in [0.4, 0.5) is 0 Å². The van der Waals surface area contributed by atoms with Crippen molar-refractivity contribution < 1.29 is 23.8 Å². The van der Waals surface area contributed by atoms with Crippen molar-refractivity contribution in [3.05, 3.63) is 39.7 Å². The van der Waals surface area contributed by atoms with Crippen molar-refractivity contribution in [3.8, 4) is 5.75 Å². The van der Waals surface area contributed by atoms with Gasteiger partial charge in [0.25, 0.3) is 0 Å². The Balaban J connectivity index is 2.18. The Labute approximate surface area is 151 Å². The number of amides is 1. The number of aliphatic carboxylic acids is 1. The Morgan fingerprint density at radius 2 is 2.04 bits per heavy atom. The van der Waals surface area contributed by atoms with E-state index in [0.717, 1.165) is 16.5 Å². The number of hydrogen-bond acceptors (Lipinski definition) is 5. The maximum atomic E-state index is 12.1. The molecule has 0 saturated carbocycles. The third-order valence-corrected chi connectivity index (χ3v) is 4.18. The van der Waals surface area contributed by atoms with Crippen LogP contribution in [0.15, 0.2) is 27.4 Å². The number of rotatable bonds is 8. The van der Waals surface area contributed by atoms with Crippen LogP contribution in [-0.4, -0.2) is 30.1 Å². The number of carbonyl (C=O) groups is 2. The minimum Gasteiger partial charge on any atom is -0.496 e. The summed E-state index contributed by atoms with van der Waals surface area (Å²) >= 11 is 0. The van der Waals surface area contributed by atoms with E-state index in [4.69, 9.17) is 14.3 Å². The van der Waals surface area contributed by atoms with E-state index in [9.17, 15) is 14.4 Å². The van der Waals surface area contributed by atoms with Crippen molar-refractivity contribution in [2.75, 3.05) is 7.11 Å². The fraction of sp³-hybridized carbons (Fsp3) is 0.421. The molecule has 1 heterocycles. The molecule has 26 heavy (non-hydrogen) atoms. The largest absolute Gasteiger partial charge is 0.496 e. The van der Waals surface area contributed by atoms with Crippen LogP contribution < -0.4 is 15.7 Å². The van der Waals surface area contributed by atoms with Gasteiger partial charge in [-0.3, -0.25) is 4.79 Å². The first-order valence-electron chi connectivity index (χ1n) is 8.49. The molecule has 2 N–H and O–H groups in total. The number of aryl methyl sites for hydroxylation is 2. The second-order valence-corrected chi connectivity index (χ2v) is 6.16. The fourth-order valence-electron chi connectivity index (χ4n) is 2.84. The maximum Gasteiger partial charge on any atom is 0.336 e. The molecule has 7 nitrogen and oxygen atoms in total. The number of hydrogen-bond donors (Lipinski definition) is 2. The maximum absolute atomic E-state index is 12.1. The topological polar surface area (TPSA) is 106 Å². The number of nitrogens with one attached hydrogen (secondary N) is 1. The van der Waals surface area contributed by atoms with Crippen molar-refractivity contribution in [1.29, 1.82) is 0 Å². The monoisotopic (exact) mass is 361 g/mol. The van der Waals surface area contributed by atoms with Crippen LogP contribution in [0.1, 0.15) is 37.3 Å². The van der Waals surface area contributed by atoms with E-state index in [2.05, 4.69) is 5.32 Å². The van der Waals surface area contributed by atoms with Crippen LogP contribution in [0.25, 0.3) is 11.0 Å². The van der Waals surface area contributed by atoms with Gasteiger partial charge in [0.1, 0.15) is 17.4 Å². The Bertz CT molecular complexity index is 870. The zero-order valence-corrected chi connectivity index (χ0v) is 15.1. The molecule has 1 aromatic heterocycles. The zero-order valence-electron chi connectivity index (χ0n) is 15.1. The minimum atomic E-state index is -1.03. The highest BCUT2D eigenvalue weighted by Crippen LogP contribution is 2.28.